The number of rotatable bonds is 4. The Balaban J connectivity index is 2.38. The van der Waals surface area contributed by atoms with Crippen LogP contribution in [0.15, 0.2) is 15.8 Å². The van der Waals surface area contributed by atoms with Crippen LogP contribution in [0.3, 0.4) is 0 Å². The second kappa shape index (κ2) is 4.20. The van der Waals surface area contributed by atoms with Crippen LogP contribution in [0, 0.1) is 5.92 Å². The van der Waals surface area contributed by atoms with Crippen molar-refractivity contribution in [3.8, 4) is 0 Å². The molecule has 6 heteroatoms. The standard InChI is InChI=1S/C11H14N2O4/c1-6(4-7-2-3-7)13-5-8(10(15)16)9(14)12-11(13)17/h5-7H,2-4H2,1H3,(H,15,16)(H,12,14,17). The minimum absolute atomic E-state index is 0.0926. The van der Waals surface area contributed by atoms with Crippen molar-refractivity contribution in [3.63, 3.8) is 0 Å². The van der Waals surface area contributed by atoms with Crippen LogP contribution in [0.2, 0.25) is 0 Å². The van der Waals surface area contributed by atoms with Gasteiger partial charge in [-0.05, 0) is 19.3 Å². The van der Waals surface area contributed by atoms with Gasteiger partial charge in [0, 0.05) is 12.2 Å². The Bertz CT molecular complexity index is 553. The molecule has 1 aliphatic rings. The molecule has 92 valence electrons. The third-order valence-electron chi connectivity index (χ3n) is 3.04. The third-order valence-corrected chi connectivity index (χ3v) is 3.04. The number of H-pyrrole nitrogens is 1. The van der Waals surface area contributed by atoms with Gasteiger partial charge in [0.25, 0.3) is 5.56 Å². The number of carboxylic acid groups (broad SMARTS) is 1. The number of aromatic carboxylic acids is 1. The van der Waals surface area contributed by atoms with Gasteiger partial charge in [-0.2, -0.15) is 0 Å². The highest BCUT2D eigenvalue weighted by molar-refractivity contribution is 5.86. The predicted octanol–water partition coefficient (Wildman–Crippen LogP) is 0.596. The maximum atomic E-state index is 11.6. The van der Waals surface area contributed by atoms with Crippen LogP contribution < -0.4 is 11.2 Å². The smallest absolute Gasteiger partial charge is 0.342 e. The summed E-state index contributed by atoms with van der Waals surface area (Å²) in [5.74, 6) is -0.698. The van der Waals surface area contributed by atoms with E-state index in [0.717, 1.165) is 25.5 Å². The lowest BCUT2D eigenvalue weighted by Gasteiger charge is -2.14. The molecule has 1 unspecified atom stereocenters. The molecule has 1 aromatic rings. The molecular weight excluding hydrogens is 224 g/mol. The molecule has 1 aromatic heterocycles. The Labute approximate surface area is 96.9 Å². The van der Waals surface area contributed by atoms with Crippen LogP contribution >= 0.6 is 0 Å². The number of nitrogens with one attached hydrogen (secondary N) is 1. The van der Waals surface area contributed by atoms with Crippen molar-refractivity contribution in [1.82, 2.24) is 9.55 Å². The summed E-state index contributed by atoms with van der Waals surface area (Å²) in [6.45, 7) is 1.85. The number of hydrogen-bond acceptors (Lipinski definition) is 3. The molecule has 0 aromatic carbocycles. The van der Waals surface area contributed by atoms with E-state index in [0.29, 0.717) is 5.92 Å². The van der Waals surface area contributed by atoms with Gasteiger partial charge in [-0.1, -0.05) is 12.8 Å². The van der Waals surface area contributed by atoms with Crippen molar-refractivity contribution < 1.29 is 9.90 Å². The van der Waals surface area contributed by atoms with Gasteiger partial charge in [-0.25, -0.2) is 9.59 Å². The summed E-state index contributed by atoms with van der Waals surface area (Å²) in [4.78, 5) is 35.7. The molecule has 2 rings (SSSR count). The van der Waals surface area contributed by atoms with Gasteiger partial charge in [-0.3, -0.25) is 14.3 Å². The Morgan fingerprint density at radius 2 is 2.24 bits per heavy atom. The van der Waals surface area contributed by atoms with Crippen molar-refractivity contribution in [2.75, 3.05) is 0 Å². The van der Waals surface area contributed by atoms with Crippen LogP contribution in [-0.4, -0.2) is 20.6 Å². The molecule has 17 heavy (non-hydrogen) atoms. The second-order valence-electron chi connectivity index (χ2n) is 4.54. The minimum Gasteiger partial charge on any atom is -0.477 e. The normalized spacial score (nSPS) is 16.8. The van der Waals surface area contributed by atoms with E-state index in [2.05, 4.69) is 0 Å². The zero-order valence-corrected chi connectivity index (χ0v) is 9.47. The molecule has 6 nitrogen and oxygen atoms in total. The molecule has 0 radical (unpaired) electrons. The van der Waals surface area contributed by atoms with Gasteiger partial charge in [0.2, 0.25) is 0 Å². The van der Waals surface area contributed by atoms with E-state index in [1.165, 1.54) is 4.57 Å². The first kappa shape index (κ1) is 11.6. The Hall–Kier alpha value is -1.85. The molecular formula is C11H14N2O4. The van der Waals surface area contributed by atoms with E-state index in [1.54, 1.807) is 0 Å². The van der Waals surface area contributed by atoms with E-state index in [9.17, 15) is 14.4 Å². The fourth-order valence-corrected chi connectivity index (χ4v) is 1.91. The highest BCUT2D eigenvalue weighted by Gasteiger charge is 2.25. The molecule has 0 aliphatic heterocycles. The molecule has 1 saturated carbocycles. The Kier molecular flexibility index (Phi) is 2.87. The van der Waals surface area contributed by atoms with Crippen LogP contribution in [0.5, 0.6) is 0 Å². The zero-order chi connectivity index (χ0) is 12.6. The van der Waals surface area contributed by atoms with Crippen molar-refractivity contribution in [2.45, 2.75) is 32.2 Å². The molecule has 0 amide bonds. The first-order valence-electron chi connectivity index (χ1n) is 5.58. The van der Waals surface area contributed by atoms with Gasteiger partial charge in [0.05, 0.1) is 0 Å². The fourth-order valence-electron chi connectivity index (χ4n) is 1.91. The molecule has 2 N–H and O–H groups in total. The molecule has 1 heterocycles. The van der Waals surface area contributed by atoms with E-state index in [4.69, 9.17) is 5.11 Å². The van der Waals surface area contributed by atoms with E-state index < -0.39 is 22.8 Å². The first-order chi connectivity index (χ1) is 7.99. The summed E-state index contributed by atoms with van der Waals surface area (Å²) in [5.41, 5.74) is -1.79. The third kappa shape index (κ3) is 2.46. The first-order valence-corrected chi connectivity index (χ1v) is 5.58. The van der Waals surface area contributed by atoms with Crippen molar-refractivity contribution >= 4 is 5.97 Å². The summed E-state index contributed by atoms with van der Waals surface area (Å²) >= 11 is 0. The van der Waals surface area contributed by atoms with Crippen molar-refractivity contribution in [1.29, 1.82) is 0 Å². The second-order valence-corrected chi connectivity index (χ2v) is 4.54. The quantitative estimate of drug-likeness (QED) is 0.803. The Morgan fingerprint density at radius 1 is 1.59 bits per heavy atom. The van der Waals surface area contributed by atoms with E-state index in [-0.39, 0.29) is 6.04 Å². The van der Waals surface area contributed by atoms with Gasteiger partial charge in [0.15, 0.2) is 0 Å². The highest BCUT2D eigenvalue weighted by atomic mass is 16.4. The molecule has 0 saturated heterocycles. The lowest BCUT2D eigenvalue weighted by Crippen LogP contribution is -2.34. The topological polar surface area (TPSA) is 92.2 Å². The maximum absolute atomic E-state index is 11.6. The summed E-state index contributed by atoms with van der Waals surface area (Å²) < 4.78 is 1.29. The van der Waals surface area contributed by atoms with Crippen LogP contribution in [0.4, 0.5) is 0 Å². The number of nitrogens with zero attached hydrogens (tertiary/aromatic N) is 1. The minimum atomic E-state index is -1.32. The van der Waals surface area contributed by atoms with Gasteiger partial charge < -0.3 is 5.11 Å². The van der Waals surface area contributed by atoms with E-state index >= 15 is 0 Å². The lowest BCUT2D eigenvalue weighted by molar-refractivity contribution is 0.0693. The molecule has 1 aliphatic carbocycles. The largest absolute Gasteiger partial charge is 0.477 e. The maximum Gasteiger partial charge on any atom is 0.342 e. The van der Waals surface area contributed by atoms with Crippen molar-refractivity contribution in [2.24, 2.45) is 5.92 Å². The van der Waals surface area contributed by atoms with Crippen LogP contribution in [-0.2, 0) is 0 Å². The predicted molar refractivity (Wildman–Crippen MR) is 60.3 cm³/mol. The number of hydrogen-bond donors (Lipinski definition) is 2. The van der Waals surface area contributed by atoms with E-state index in [1.807, 2.05) is 11.9 Å². The fraction of sp³-hybridized carbons (Fsp3) is 0.545. The molecule has 0 bridgehead atoms. The summed E-state index contributed by atoms with van der Waals surface area (Å²) in [5, 5.41) is 8.82. The molecule has 1 fully saturated rings. The van der Waals surface area contributed by atoms with Crippen LogP contribution in [0.1, 0.15) is 42.6 Å². The summed E-state index contributed by atoms with van der Waals surface area (Å²) in [7, 11) is 0. The monoisotopic (exact) mass is 238 g/mol. The molecule has 0 spiro atoms. The van der Waals surface area contributed by atoms with Gasteiger partial charge in [-0.15, -0.1) is 0 Å². The number of aromatic nitrogens is 2. The summed E-state index contributed by atoms with van der Waals surface area (Å²) in [6, 6.07) is -0.0926. The van der Waals surface area contributed by atoms with Crippen molar-refractivity contribution in [3.05, 3.63) is 32.6 Å². The average Bonchev–Trinajstić information content (AvgIpc) is 3.00. The van der Waals surface area contributed by atoms with Crippen LogP contribution in [0.25, 0.3) is 0 Å². The van der Waals surface area contributed by atoms with Gasteiger partial charge >= 0.3 is 11.7 Å². The Morgan fingerprint density at radius 3 is 2.76 bits per heavy atom. The summed E-state index contributed by atoms with van der Waals surface area (Å²) in [6.07, 6.45) is 4.30. The average molecular weight is 238 g/mol. The number of carbonyl (C=O) groups is 1. The lowest BCUT2D eigenvalue weighted by atomic mass is 10.1. The molecule has 1 atom stereocenters. The number of aromatic amines is 1. The zero-order valence-electron chi connectivity index (χ0n) is 9.47. The van der Waals surface area contributed by atoms with Gasteiger partial charge in [0.1, 0.15) is 5.56 Å². The number of carboxylic acids is 1. The highest BCUT2D eigenvalue weighted by Crippen LogP contribution is 2.36. The SMILES string of the molecule is CC(CC1CC1)n1cc(C(=O)O)c(=O)[nH]c1=O.